The Morgan fingerprint density at radius 3 is 2.40 bits per heavy atom. The van der Waals surface area contributed by atoms with Crippen LogP contribution in [0.4, 0.5) is 0 Å². The van der Waals surface area contributed by atoms with E-state index in [9.17, 15) is 4.79 Å². The summed E-state index contributed by atoms with van der Waals surface area (Å²) in [7, 11) is 6.16. The number of nitrogens with zero attached hydrogens (tertiary/aromatic N) is 4. The highest BCUT2D eigenvalue weighted by Crippen LogP contribution is 2.06. The van der Waals surface area contributed by atoms with Crippen LogP contribution in [-0.4, -0.2) is 85.0 Å². The molecule has 1 aromatic heterocycles. The summed E-state index contributed by atoms with van der Waals surface area (Å²) in [6.45, 7) is 6.88. The number of piperazine rings is 1. The fraction of sp³-hybridized carbons (Fsp3) is 0.667. The lowest BCUT2D eigenvalue weighted by Gasteiger charge is -2.34. The van der Waals surface area contributed by atoms with Crippen LogP contribution < -0.4 is 0 Å². The zero-order valence-electron chi connectivity index (χ0n) is 12.9. The molecule has 1 aliphatic heterocycles. The van der Waals surface area contributed by atoms with E-state index in [1.165, 1.54) is 0 Å². The van der Waals surface area contributed by atoms with Gasteiger partial charge in [0.1, 0.15) is 0 Å². The number of rotatable bonds is 6. The van der Waals surface area contributed by atoms with Crippen molar-refractivity contribution in [3.8, 4) is 0 Å². The molecule has 5 heteroatoms. The molecule has 1 fully saturated rings. The quantitative estimate of drug-likeness (QED) is 0.705. The Morgan fingerprint density at radius 2 is 1.85 bits per heavy atom. The first kappa shape index (κ1) is 15.2. The molecule has 112 valence electrons. The largest absolute Gasteiger partial charge is 0.357 e. The van der Waals surface area contributed by atoms with Crippen LogP contribution in [0.15, 0.2) is 18.5 Å². The highest BCUT2D eigenvalue weighted by molar-refractivity contribution is 5.97. The summed E-state index contributed by atoms with van der Waals surface area (Å²) in [6, 6.07) is 1.90. The van der Waals surface area contributed by atoms with Gasteiger partial charge in [-0.25, -0.2) is 0 Å². The van der Waals surface area contributed by atoms with Crippen molar-refractivity contribution in [2.24, 2.45) is 7.05 Å². The average Bonchev–Trinajstić information content (AvgIpc) is 2.85. The third kappa shape index (κ3) is 4.44. The van der Waals surface area contributed by atoms with Crippen LogP contribution >= 0.6 is 0 Å². The van der Waals surface area contributed by atoms with Crippen LogP contribution in [-0.2, 0) is 7.05 Å². The van der Waals surface area contributed by atoms with E-state index in [0.29, 0.717) is 6.54 Å². The minimum atomic E-state index is 0.229. The molecule has 0 N–H and O–H groups in total. The molecule has 0 unspecified atom stereocenters. The Bertz CT molecular complexity index is 433. The van der Waals surface area contributed by atoms with Gasteiger partial charge >= 0.3 is 0 Å². The summed E-state index contributed by atoms with van der Waals surface area (Å²) in [5, 5.41) is 0. The van der Waals surface area contributed by atoms with Crippen molar-refractivity contribution in [1.29, 1.82) is 0 Å². The van der Waals surface area contributed by atoms with Gasteiger partial charge in [-0.05, 0) is 20.2 Å². The highest BCUT2D eigenvalue weighted by atomic mass is 16.1. The van der Waals surface area contributed by atoms with Crippen molar-refractivity contribution < 1.29 is 4.79 Å². The summed E-state index contributed by atoms with van der Waals surface area (Å²) in [6.07, 6.45) is 3.82. The van der Waals surface area contributed by atoms with Crippen LogP contribution in [0.25, 0.3) is 0 Å². The molecule has 0 radical (unpaired) electrons. The number of aryl methyl sites for hydroxylation is 1. The van der Waals surface area contributed by atoms with Crippen LogP contribution in [0.1, 0.15) is 10.4 Å². The van der Waals surface area contributed by atoms with E-state index in [1.54, 1.807) is 0 Å². The first-order valence-corrected chi connectivity index (χ1v) is 7.29. The van der Waals surface area contributed by atoms with Gasteiger partial charge in [-0.2, -0.15) is 0 Å². The second-order valence-electron chi connectivity index (χ2n) is 5.91. The molecule has 0 bridgehead atoms. The highest BCUT2D eigenvalue weighted by Gasteiger charge is 2.19. The van der Waals surface area contributed by atoms with Gasteiger partial charge in [0.25, 0.3) is 0 Å². The van der Waals surface area contributed by atoms with Crippen molar-refractivity contribution in [3.05, 3.63) is 24.0 Å². The number of aromatic nitrogens is 1. The molecular weight excluding hydrogens is 252 g/mol. The van der Waals surface area contributed by atoms with E-state index >= 15 is 0 Å². The van der Waals surface area contributed by atoms with E-state index < -0.39 is 0 Å². The third-order valence-corrected chi connectivity index (χ3v) is 3.85. The Morgan fingerprint density at radius 1 is 1.20 bits per heavy atom. The first-order chi connectivity index (χ1) is 9.54. The summed E-state index contributed by atoms with van der Waals surface area (Å²) in [5.41, 5.74) is 0.822. The van der Waals surface area contributed by atoms with Gasteiger partial charge in [0, 0.05) is 64.3 Å². The number of carbonyl (C=O) groups excluding carboxylic acids is 1. The second-order valence-corrected chi connectivity index (χ2v) is 5.91. The van der Waals surface area contributed by atoms with E-state index in [0.717, 1.165) is 44.8 Å². The molecule has 2 rings (SSSR count). The molecule has 0 amide bonds. The molecular formula is C15H26N4O. The maximum Gasteiger partial charge on any atom is 0.178 e. The van der Waals surface area contributed by atoms with Crippen molar-refractivity contribution in [2.45, 2.75) is 0 Å². The molecule has 0 aliphatic carbocycles. The molecule has 1 saturated heterocycles. The molecule has 20 heavy (non-hydrogen) atoms. The Hall–Kier alpha value is -1.17. The van der Waals surface area contributed by atoms with Crippen LogP contribution in [0, 0.1) is 0 Å². The maximum atomic E-state index is 12.1. The molecule has 0 spiro atoms. The molecule has 1 aliphatic rings. The van der Waals surface area contributed by atoms with Gasteiger partial charge < -0.3 is 9.47 Å². The van der Waals surface area contributed by atoms with E-state index in [4.69, 9.17) is 0 Å². The average molecular weight is 278 g/mol. The lowest BCUT2D eigenvalue weighted by molar-refractivity contribution is 0.0844. The molecule has 1 aromatic rings. The van der Waals surface area contributed by atoms with Crippen LogP contribution in [0.2, 0.25) is 0 Å². The minimum absolute atomic E-state index is 0.229. The summed E-state index contributed by atoms with van der Waals surface area (Å²) < 4.78 is 1.92. The second kappa shape index (κ2) is 7.02. The SMILES string of the molecule is CN(C)CCN1CCN(CC(=O)c2ccn(C)c2)CC1. The topological polar surface area (TPSA) is 31.7 Å². The van der Waals surface area contributed by atoms with E-state index in [1.807, 2.05) is 30.1 Å². The van der Waals surface area contributed by atoms with Crippen LogP contribution in [0.5, 0.6) is 0 Å². The summed E-state index contributed by atoms with van der Waals surface area (Å²) >= 11 is 0. The van der Waals surface area contributed by atoms with Crippen molar-refractivity contribution in [3.63, 3.8) is 0 Å². The van der Waals surface area contributed by atoms with Gasteiger partial charge in [0.05, 0.1) is 6.54 Å². The Labute approximate surface area is 121 Å². The smallest absolute Gasteiger partial charge is 0.178 e. The van der Waals surface area contributed by atoms with Gasteiger partial charge in [-0.3, -0.25) is 14.6 Å². The lowest BCUT2D eigenvalue weighted by atomic mass is 10.2. The molecule has 2 heterocycles. The molecule has 0 aromatic carbocycles. The molecule has 0 atom stereocenters. The predicted molar refractivity (Wildman–Crippen MR) is 81.2 cm³/mol. The van der Waals surface area contributed by atoms with Gasteiger partial charge in [0.15, 0.2) is 5.78 Å². The predicted octanol–water partition coefficient (Wildman–Crippen LogP) is 0.387. The van der Waals surface area contributed by atoms with Crippen molar-refractivity contribution in [2.75, 3.05) is 59.9 Å². The molecule has 0 saturated carbocycles. The fourth-order valence-electron chi connectivity index (χ4n) is 2.48. The van der Waals surface area contributed by atoms with Crippen LogP contribution in [0.3, 0.4) is 0 Å². The number of Topliss-reactive ketones (excluding diaryl/α,β-unsaturated/α-hetero) is 1. The van der Waals surface area contributed by atoms with Crippen molar-refractivity contribution >= 4 is 5.78 Å². The van der Waals surface area contributed by atoms with Gasteiger partial charge in [0.2, 0.25) is 0 Å². The number of likely N-dealkylation sites (N-methyl/N-ethyl adjacent to an activating group) is 1. The van der Waals surface area contributed by atoms with E-state index in [-0.39, 0.29) is 5.78 Å². The zero-order chi connectivity index (χ0) is 14.5. The van der Waals surface area contributed by atoms with E-state index in [2.05, 4.69) is 28.8 Å². The summed E-state index contributed by atoms with van der Waals surface area (Å²) in [4.78, 5) is 19.1. The standard InChI is InChI=1S/C15H26N4O/c1-16(2)6-7-18-8-10-19(11-9-18)13-15(20)14-4-5-17(3)12-14/h4-5,12H,6-11,13H2,1-3H3. The normalized spacial score (nSPS) is 17.8. The number of hydrogen-bond donors (Lipinski definition) is 0. The number of hydrogen-bond acceptors (Lipinski definition) is 4. The third-order valence-electron chi connectivity index (χ3n) is 3.85. The minimum Gasteiger partial charge on any atom is -0.357 e. The van der Waals surface area contributed by atoms with Gasteiger partial charge in [-0.1, -0.05) is 0 Å². The Kier molecular flexibility index (Phi) is 5.34. The molecule has 5 nitrogen and oxygen atoms in total. The monoisotopic (exact) mass is 278 g/mol. The van der Waals surface area contributed by atoms with Crippen molar-refractivity contribution in [1.82, 2.24) is 19.3 Å². The first-order valence-electron chi connectivity index (χ1n) is 7.29. The fourth-order valence-corrected chi connectivity index (χ4v) is 2.48. The summed E-state index contributed by atoms with van der Waals surface area (Å²) in [5.74, 6) is 0.229. The number of ketones is 1. The zero-order valence-corrected chi connectivity index (χ0v) is 12.9. The maximum absolute atomic E-state index is 12.1. The lowest BCUT2D eigenvalue weighted by Crippen LogP contribution is -2.49. The Balaban J connectivity index is 1.73. The van der Waals surface area contributed by atoms with Gasteiger partial charge in [-0.15, -0.1) is 0 Å². The number of carbonyl (C=O) groups is 1.